The van der Waals surface area contributed by atoms with Gasteiger partial charge in [-0.25, -0.2) is 0 Å². The lowest BCUT2D eigenvalue weighted by atomic mass is 9.81. The van der Waals surface area contributed by atoms with E-state index in [9.17, 15) is 9.59 Å². The molecule has 1 aliphatic heterocycles. The Morgan fingerprint density at radius 1 is 1.06 bits per heavy atom. The lowest BCUT2D eigenvalue weighted by molar-refractivity contribution is -0.119. The van der Waals surface area contributed by atoms with Crippen LogP contribution in [0.25, 0.3) is 0 Å². The number of rotatable bonds is 8. The summed E-state index contributed by atoms with van der Waals surface area (Å²) >= 11 is 1.53. The molecule has 0 radical (unpaired) electrons. The summed E-state index contributed by atoms with van der Waals surface area (Å²) in [6.45, 7) is 0.748. The smallest absolute Gasteiger partial charge is 0.254 e. The molecule has 3 aromatic rings. The molecule has 0 unspecified atom stereocenters. The molecule has 0 fully saturated rings. The van der Waals surface area contributed by atoms with E-state index in [1.54, 1.807) is 50.5 Å². The van der Waals surface area contributed by atoms with Crippen LogP contribution >= 0.6 is 11.3 Å². The Hall–Kier alpha value is -3.36. The first-order valence-corrected chi connectivity index (χ1v) is 11.4. The second kappa shape index (κ2) is 10.1. The van der Waals surface area contributed by atoms with E-state index in [2.05, 4.69) is 5.32 Å². The first-order valence-electron chi connectivity index (χ1n) is 10.5. The summed E-state index contributed by atoms with van der Waals surface area (Å²) in [4.78, 5) is 29.9. The fourth-order valence-corrected chi connectivity index (χ4v) is 5.07. The van der Waals surface area contributed by atoms with Gasteiger partial charge in [0.05, 0.1) is 38.5 Å². The lowest BCUT2D eigenvalue weighted by Gasteiger charge is -2.41. The number of thiophene rings is 1. The standard InChI is InChI=1S/C25H26N2O5S/c1-30-13-12-27-23(21-9-6-14-33-21)22(17-7-4-5-8-18(17)25(27)29)24(28)26-19-11-10-16(31-2)15-20(19)32-3/h4-11,14-15,22-23H,12-13H2,1-3H3,(H,26,28)/t22-,23-/m0/s1. The van der Waals surface area contributed by atoms with Crippen molar-refractivity contribution in [3.63, 3.8) is 0 Å². The second-order valence-corrected chi connectivity index (χ2v) is 8.55. The zero-order valence-electron chi connectivity index (χ0n) is 18.7. The minimum Gasteiger partial charge on any atom is -0.497 e. The molecule has 0 aliphatic carbocycles. The van der Waals surface area contributed by atoms with Crippen molar-refractivity contribution < 1.29 is 23.8 Å². The van der Waals surface area contributed by atoms with Gasteiger partial charge in [0.2, 0.25) is 5.91 Å². The largest absolute Gasteiger partial charge is 0.497 e. The van der Waals surface area contributed by atoms with E-state index in [-0.39, 0.29) is 11.8 Å². The Bertz CT molecular complexity index is 1130. The molecule has 2 aromatic carbocycles. The van der Waals surface area contributed by atoms with Crippen LogP contribution in [0.5, 0.6) is 11.5 Å². The Morgan fingerprint density at radius 3 is 2.58 bits per heavy atom. The fourth-order valence-electron chi connectivity index (χ4n) is 4.20. The molecule has 2 heterocycles. The van der Waals surface area contributed by atoms with Crippen LogP contribution in [0, 0.1) is 0 Å². The highest BCUT2D eigenvalue weighted by molar-refractivity contribution is 7.10. The van der Waals surface area contributed by atoms with Crippen molar-refractivity contribution in [2.24, 2.45) is 0 Å². The fraction of sp³-hybridized carbons (Fsp3) is 0.280. The predicted octanol–water partition coefficient (Wildman–Crippen LogP) is 4.33. The number of carbonyl (C=O) groups excluding carboxylic acids is 2. The summed E-state index contributed by atoms with van der Waals surface area (Å²) in [7, 11) is 4.71. The van der Waals surface area contributed by atoms with Gasteiger partial charge >= 0.3 is 0 Å². The van der Waals surface area contributed by atoms with Crippen LogP contribution in [-0.2, 0) is 9.53 Å². The Balaban J connectivity index is 1.78. The summed E-state index contributed by atoms with van der Waals surface area (Å²) in [5.74, 6) is 0.181. The van der Waals surface area contributed by atoms with Gasteiger partial charge in [-0.05, 0) is 35.2 Å². The molecule has 0 saturated heterocycles. The number of benzene rings is 2. The third-order valence-electron chi connectivity index (χ3n) is 5.76. The Labute approximate surface area is 196 Å². The summed E-state index contributed by atoms with van der Waals surface area (Å²) in [6.07, 6.45) is 0. The van der Waals surface area contributed by atoms with E-state index in [1.807, 2.05) is 35.7 Å². The van der Waals surface area contributed by atoms with Crippen molar-refractivity contribution in [3.8, 4) is 11.5 Å². The number of carbonyl (C=O) groups is 2. The number of hydrogen-bond acceptors (Lipinski definition) is 6. The molecule has 2 amide bonds. The number of hydrogen-bond donors (Lipinski definition) is 1. The monoisotopic (exact) mass is 466 g/mol. The highest BCUT2D eigenvalue weighted by atomic mass is 32.1. The van der Waals surface area contributed by atoms with Crippen LogP contribution in [0.3, 0.4) is 0 Å². The third-order valence-corrected chi connectivity index (χ3v) is 6.70. The van der Waals surface area contributed by atoms with Crippen molar-refractivity contribution in [3.05, 3.63) is 76.0 Å². The molecule has 2 atom stereocenters. The lowest BCUT2D eigenvalue weighted by Crippen LogP contribution is -2.47. The molecule has 1 N–H and O–H groups in total. The van der Waals surface area contributed by atoms with Crippen molar-refractivity contribution >= 4 is 28.8 Å². The maximum Gasteiger partial charge on any atom is 0.254 e. The van der Waals surface area contributed by atoms with Crippen LogP contribution in [0.4, 0.5) is 5.69 Å². The van der Waals surface area contributed by atoms with E-state index in [0.717, 1.165) is 4.88 Å². The number of amides is 2. The quantitative estimate of drug-likeness (QED) is 0.535. The number of methoxy groups -OCH3 is 3. The first kappa shape index (κ1) is 22.8. The molecule has 7 nitrogen and oxygen atoms in total. The zero-order chi connectivity index (χ0) is 23.4. The Morgan fingerprint density at radius 2 is 1.88 bits per heavy atom. The van der Waals surface area contributed by atoms with Gasteiger partial charge in [-0.3, -0.25) is 9.59 Å². The predicted molar refractivity (Wildman–Crippen MR) is 127 cm³/mol. The van der Waals surface area contributed by atoms with E-state index in [1.165, 1.54) is 11.3 Å². The van der Waals surface area contributed by atoms with Gasteiger partial charge in [0.1, 0.15) is 11.5 Å². The van der Waals surface area contributed by atoms with Gasteiger partial charge in [0, 0.05) is 30.2 Å². The average molecular weight is 467 g/mol. The van der Waals surface area contributed by atoms with Gasteiger partial charge in [-0.1, -0.05) is 24.3 Å². The minimum atomic E-state index is -0.610. The number of anilines is 1. The summed E-state index contributed by atoms with van der Waals surface area (Å²) in [5, 5.41) is 4.98. The summed E-state index contributed by atoms with van der Waals surface area (Å²) in [6, 6.07) is 16.0. The maximum absolute atomic E-state index is 13.8. The molecular formula is C25H26N2O5S. The van der Waals surface area contributed by atoms with Crippen LogP contribution in [-0.4, -0.2) is 51.2 Å². The number of nitrogens with one attached hydrogen (secondary N) is 1. The van der Waals surface area contributed by atoms with Crippen molar-refractivity contribution in [2.45, 2.75) is 12.0 Å². The van der Waals surface area contributed by atoms with Gasteiger partial charge in [-0.2, -0.15) is 0 Å². The van der Waals surface area contributed by atoms with Crippen LogP contribution in [0.2, 0.25) is 0 Å². The van der Waals surface area contributed by atoms with E-state index in [4.69, 9.17) is 14.2 Å². The topological polar surface area (TPSA) is 77.1 Å². The van der Waals surface area contributed by atoms with Crippen molar-refractivity contribution in [1.29, 1.82) is 0 Å². The molecule has 172 valence electrons. The van der Waals surface area contributed by atoms with E-state index < -0.39 is 12.0 Å². The SMILES string of the molecule is COCCN1C(=O)c2ccccc2[C@H](C(=O)Nc2ccc(OC)cc2OC)[C@@H]1c1cccs1. The van der Waals surface area contributed by atoms with Gasteiger partial charge < -0.3 is 24.4 Å². The molecule has 33 heavy (non-hydrogen) atoms. The van der Waals surface area contributed by atoms with Gasteiger partial charge in [0.15, 0.2) is 0 Å². The number of fused-ring (bicyclic) bond motifs is 1. The van der Waals surface area contributed by atoms with Crippen LogP contribution in [0.15, 0.2) is 60.0 Å². The second-order valence-electron chi connectivity index (χ2n) is 7.57. The molecule has 1 aromatic heterocycles. The van der Waals surface area contributed by atoms with Crippen molar-refractivity contribution in [2.75, 3.05) is 39.8 Å². The highest BCUT2D eigenvalue weighted by Crippen LogP contribution is 2.45. The van der Waals surface area contributed by atoms with Crippen molar-refractivity contribution in [1.82, 2.24) is 4.90 Å². The normalized spacial score (nSPS) is 17.4. The molecule has 0 saturated carbocycles. The van der Waals surface area contributed by atoms with Gasteiger partial charge in [-0.15, -0.1) is 11.3 Å². The molecular weight excluding hydrogens is 440 g/mol. The summed E-state index contributed by atoms with van der Waals surface area (Å²) in [5.41, 5.74) is 1.77. The van der Waals surface area contributed by atoms with E-state index >= 15 is 0 Å². The van der Waals surface area contributed by atoms with Crippen LogP contribution in [0.1, 0.15) is 32.8 Å². The highest BCUT2D eigenvalue weighted by Gasteiger charge is 2.44. The molecule has 0 bridgehead atoms. The molecule has 0 spiro atoms. The third kappa shape index (κ3) is 4.44. The minimum absolute atomic E-state index is 0.105. The van der Waals surface area contributed by atoms with Crippen LogP contribution < -0.4 is 14.8 Å². The number of ether oxygens (including phenoxy) is 3. The molecule has 8 heteroatoms. The van der Waals surface area contributed by atoms with E-state index in [0.29, 0.717) is 41.5 Å². The molecule has 1 aliphatic rings. The molecule has 4 rings (SSSR count). The Kier molecular flexibility index (Phi) is 6.96. The first-order chi connectivity index (χ1) is 16.1. The number of nitrogens with zero attached hydrogens (tertiary/aromatic N) is 1. The maximum atomic E-state index is 13.8. The average Bonchev–Trinajstić information content (AvgIpc) is 3.38. The summed E-state index contributed by atoms with van der Waals surface area (Å²) < 4.78 is 16.0. The zero-order valence-corrected chi connectivity index (χ0v) is 19.6. The van der Waals surface area contributed by atoms with Gasteiger partial charge in [0.25, 0.3) is 5.91 Å².